The normalized spacial score (nSPS) is 14.6. The zero-order valence-corrected chi connectivity index (χ0v) is 22.0. The molecule has 0 aliphatic carbocycles. The van der Waals surface area contributed by atoms with Crippen molar-refractivity contribution in [2.45, 2.75) is 57.0 Å². The Morgan fingerprint density at radius 3 is 2.13 bits per heavy atom. The van der Waals surface area contributed by atoms with E-state index < -0.39 is 66.5 Å². The third-order valence-electron chi connectivity index (χ3n) is 5.85. The molecule has 0 radical (unpaired) electrons. The van der Waals surface area contributed by atoms with Crippen LogP contribution in [0.2, 0.25) is 0 Å². The molecule has 0 bridgehead atoms. The van der Waals surface area contributed by atoms with E-state index in [0.29, 0.717) is 5.56 Å². The van der Waals surface area contributed by atoms with E-state index in [-0.39, 0.29) is 18.5 Å². The molecule has 0 saturated carbocycles. The zero-order valence-electron chi connectivity index (χ0n) is 22.0. The smallest absolute Gasteiger partial charge is 0.331 e. The molecular formula is C26H35N5O8. The van der Waals surface area contributed by atoms with Gasteiger partial charge >= 0.3 is 5.97 Å². The van der Waals surface area contributed by atoms with Crippen LogP contribution < -0.4 is 21.3 Å². The van der Waals surface area contributed by atoms with Crippen LogP contribution in [0.3, 0.4) is 0 Å². The highest BCUT2D eigenvalue weighted by molar-refractivity contribution is 5.97. The van der Waals surface area contributed by atoms with Gasteiger partial charge in [0.2, 0.25) is 17.7 Å². The van der Waals surface area contributed by atoms with Crippen molar-refractivity contribution >= 4 is 29.6 Å². The topological polar surface area (TPSA) is 199 Å². The van der Waals surface area contributed by atoms with Crippen molar-refractivity contribution in [3.05, 3.63) is 59.9 Å². The van der Waals surface area contributed by atoms with Crippen molar-refractivity contribution < 1.29 is 38.9 Å². The summed E-state index contributed by atoms with van der Waals surface area (Å²) in [4.78, 5) is 65.6. The van der Waals surface area contributed by atoms with Crippen molar-refractivity contribution in [2.24, 2.45) is 0 Å². The van der Waals surface area contributed by atoms with Crippen LogP contribution in [0, 0.1) is 0 Å². The van der Waals surface area contributed by atoms with E-state index in [9.17, 15) is 34.2 Å². The number of aromatic amines is 1. The second-order valence-electron chi connectivity index (χ2n) is 8.75. The average molecular weight is 546 g/mol. The van der Waals surface area contributed by atoms with E-state index >= 15 is 0 Å². The summed E-state index contributed by atoms with van der Waals surface area (Å²) in [6.45, 7) is 2.24. The number of ether oxygens (including phenoxy) is 1. The van der Waals surface area contributed by atoms with Gasteiger partial charge in [-0.05, 0) is 31.0 Å². The molecule has 2 aromatic rings. The van der Waals surface area contributed by atoms with Crippen LogP contribution in [0.1, 0.15) is 48.8 Å². The highest BCUT2D eigenvalue weighted by atomic mass is 16.5. The Morgan fingerprint density at radius 1 is 0.923 bits per heavy atom. The number of hydrogen-bond acceptors (Lipinski definition) is 8. The number of carbonyl (C=O) groups is 5. The molecule has 1 aromatic carbocycles. The molecule has 0 aliphatic heterocycles. The van der Waals surface area contributed by atoms with Gasteiger partial charge in [-0.3, -0.25) is 19.2 Å². The van der Waals surface area contributed by atoms with Crippen LogP contribution in [0.15, 0.2) is 48.7 Å². The number of hydrogen-bond donors (Lipinski definition) is 7. The van der Waals surface area contributed by atoms with Gasteiger partial charge in [0.15, 0.2) is 6.04 Å². The van der Waals surface area contributed by atoms with Crippen LogP contribution in [0.5, 0.6) is 0 Å². The van der Waals surface area contributed by atoms with Gasteiger partial charge in [-0.15, -0.1) is 0 Å². The molecule has 0 saturated heterocycles. The molecule has 2 rings (SSSR count). The molecule has 212 valence electrons. The van der Waals surface area contributed by atoms with E-state index in [1.807, 2.05) is 0 Å². The SMILES string of the molecule is CC[C@H](NC(=O)c1ccc[nH]1)C(=O)N[C@@H](CO)C(=O)N[C@@H](CC(=O)N[C@@H](C(=O)OC)C(C)O)c1ccccc1. The van der Waals surface area contributed by atoms with Crippen LogP contribution in [-0.4, -0.2) is 82.7 Å². The minimum absolute atomic E-state index is 0.218. The fraction of sp³-hybridized carbons (Fsp3) is 0.423. The summed E-state index contributed by atoms with van der Waals surface area (Å²) in [7, 11) is 1.12. The number of esters is 1. The first-order valence-corrected chi connectivity index (χ1v) is 12.4. The van der Waals surface area contributed by atoms with E-state index in [1.54, 1.807) is 55.6 Å². The van der Waals surface area contributed by atoms with Gasteiger partial charge < -0.3 is 41.2 Å². The lowest BCUT2D eigenvalue weighted by Gasteiger charge is -2.25. The molecule has 0 fully saturated rings. The maximum absolute atomic E-state index is 13.1. The Morgan fingerprint density at radius 2 is 1.59 bits per heavy atom. The molecule has 13 nitrogen and oxygen atoms in total. The lowest BCUT2D eigenvalue weighted by molar-refractivity contribution is -0.148. The molecule has 39 heavy (non-hydrogen) atoms. The molecule has 0 spiro atoms. The Labute approximate surface area is 225 Å². The summed E-state index contributed by atoms with van der Waals surface area (Å²) in [5, 5.41) is 29.7. The summed E-state index contributed by atoms with van der Waals surface area (Å²) < 4.78 is 4.61. The number of H-pyrrole nitrogens is 1. The minimum Gasteiger partial charge on any atom is -0.467 e. The number of methoxy groups -OCH3 is 1. The lowest BCUT2D eigenvalue weighted by Crippen LogP contribution is -2.55. The Kier molecular flexibility index (Phi) is 12.1. The molecule has 4 amide bonds. The first-order chi connectivity index (χ1) is 18.6. The maximum atomic E-state index is 13.1. The van der Waals surface area contributed by atoms with Crippen molar-refractivity contribution in [1.82, 2.24) is 26.3 Å². The number of aliphatic hydroxyl groups excluding tert-OH is 2. The average Bonchev–Trinajstić information content (AvgIpc) is 3.48. The van der Waals surface area contributed by atoms with Gasteiger partial charge in [0.25, 0.3) is 5.91 Å². The van der Waals surface area contributed by atoms with Crippen LogP contribution in [0.25, 0.3) is 0 Å². The zero-order chi connectivity index (χ0) is 28.9. The molecule has 0 aliphatic rings. The monoisotopic (exact) mass is 545 g/mol. The highest BCUT2D eigenvalue weighted by Crippen LogP contribution is 2.17. The van der Waals surface area contributed by atoms with Crippen LogP contribution in [0.4, 0.5) is 0 Å². The Hall–Kier alpha value is -4.23. The van der Waals surface area contributed by atoms with Crippen molar-refractivity contribution in [2.75, 3.05) is 13.7 Å². The number of rotatable bonds is 14. The predicted octanol–water partition coefficient (Wildman–Crippen LogP) is -0.714. The molecule has 13 heteroatoms. The second-order valence-corrected chi connectivity index (χ2v) is 8.75. The van der Waals surface area contributed by atoms with Gasteiger partial charge in [0.1, 0.15) is 17.8 Å². The summed E-state index contributed by atoms with van der Waals surface area (Å²) in [5.41, 5.74) is 0.798. The van der Waals surface area contributed by atoms with Crippen LogP contribution >= 0.6 is 0 Å². The summed E-state index contributed by atoms with van der Waals surface area (Å²) in [5.74, 6) is -3.47. The fourth-order valence-corrected chi connectivity index (χ4v) is 3.66. The fourth-order valence-electron chi connectivity index (χ4n) is 3.66. The molecule has 7 N–H and O–H groups in total. The third kappa shape index (κ3) is 9.23. The third-order valence-corrected chi connectivity index (χ3v) is 5.85. The highest BCUT2D eigenvalue weighted by Gasteiger charge is 2.30. The van der Waals surface area contributed by atoms with E-state index in [2.05, 4.69) is 31.0 Å². The molecule has 1 heterocycles. The largest absolute Gasteiger partial charge is 0.467 e. The van der Waals surface area contributed by atoms with Gasteiger partial charge in [0.05, 0.1) is 32.3 Å². The van der Waals surface area contributed by atoms with Crippen molar-refractivity contribution in [3.8, 4) is 0 Å². The Balaban J connectivity index is 2.11. The molecule has 5 atom stereocenters. The van der Waals surface area contributed by atoms with Gasteiger partial charge in [-0.2, -0.15) is 0 Å². The molecular weight excluding hydrogens is 510 g/mol. The van der Waals surface area contributed by atoms with Gasteiger partial charge in [-0.1, -0.05) is 37.3 Å². The van der Waals surface area contributed by atoms with Gasteiger partial charge in [-0.25, -0.2) is 4.79 Å². The molecule has 1 aromatic heterocycles. The summed E-state index contributed by atoms with van der Waals surface area (Å²) >= 11 is 0. The van der Waals surface area contributed by atoms with Crippen molar-refractivity contribution in [1.29, 1.82) is 0 Å². The molecule has 1 unspecified atom stereocenters. The number of benzene rings is 1. The van der Waals surface area contributed by atoms with E-state index in [1.165, 1.54) is 6.92 Å². The van der Waals surface area contributed by atoms with Crippen molar-refractivity contribution in [3.63, 3.8) is 0 Å². The summed E-state index contributed by atoms with van der Waals surface area (Å²) in [6.07, 6.45) is 0.219. The first-order valence-electron chi connectivity index (χ1n) is 12.4. The van der Waals surface area contributed by atoms with Gasteiger partial charge in [0, 0.05) is 6.20 Å². The quantitative estimate of drug-likeness (QED) is 0.151. The number of amides is 4. The number of aromatic nitrogens is 1. The Bertz CT molecular complexity index is 1110. The number of nitrogens with one attached hydrogen (secondary N) is 5. The maximum Gasteiger partial charge on any atom is 0.331 e. The van der Waals surface area contributed by atoms with E-state index in [0.717, 1.165) is 7.11 Å². The predicted molar refractivity (Wildman–Crippen MR) is 139 cm³/mol. The van der Waals surface area contributed by atoms with E-state index in [4.69, 9.17) is 0 Å². The summed E-state index contributed by atoms with van der Waals surface area (Å²) in [6, 6.07) is 7.06. The number of carbonyl (C=O) groups excluding carboxylic acids is 5. The second kappa shape index (κ2) is 15.2. The lowest BCUT2D eigenvalue weighted by atomic mass is 10.0. The standard InChI is InChI=1S/C26H35N5O8/c1-4-17(28-24(36)18-11-8-12-27-18)23(35)30-20(14-32)25(37)29-19(16-9-6-5-7-10-16)13-21(34)31-22(15(2)33)26(38)39-3/h5-12,15,17,19-20,22,27,32-33H,4,13-14H2,1-3H3,(H,28,36)(H,29,37)(H,30,35)(H,31,34)/t15?,17-,19-,20-,22+/m0/s1. The van der Waals surface area contributed by atoms with Crippen LogP contribution in [-0.2, 0) is 23.9 Å². The minimum atomic E-state index is -1.39. The number of aliphatic hydroxyl groups is 2. The first kappa shape index (κ1) is 31.0.